The van der Waals surface area contributed by atoms with Crippen molar-refractivity contribution in [3.8, 4) is 0 Å². The molecule has 0 aliphatic carbocycles. The van der Waals surface area contributed by atoms with Crippen LogP contribution in [-0.4, -0.2) is 22.7 Å². The monoisotopic (exact) mass is 375 g/mol. The molecule has 0 aliphatic rings. The fourth-order valence-electron chi connectivity index (χ4n) is 2.42. The molecule has 6 nitrogen and oxygen atoms in total. The van der Waals surface area contributed by atoms with Crippen molar-refractivity contribution in [3.63, 3.8) is 0 Å². The van der Waals surface area contributed by atoms with E-state index >= 15 is 0 Å². The summed E-state index contributed by atoms with van der Waals surface area (Å²) in [6.07, 6.45) is 1.32. The van der Waals surface area contributed by atoms with E-state index in [1.54, 1.807) is 0 Å². The molecule has 1 aromatic heterocycles. The van der Waals surface area contributed by atoms with Crippen LogP contribution in [-0.2, 0) is 21.9 Å². The Balaban J connectivity index is 1.75. The summed E-state index contributed by atoms with van der Waals surface area (Å²) in [5.74, 6) is 1.86. The average Bonchev–Trinajstić information content (AvgIpc) is 2.92. The van der Waals surface area contributed by atoms with Gasteiger partial charge in [0.25, 0.3) is 0 Å². The first-order valence-corrected chi connectivity index (χ1v) is 9.80. The van der Waals surface area contributed by atoms with Gasteiger partial charge in [0.2, 0.25) is 11.8 Å². The van der Waals surface area contributed by atoms with Crippen molar-refractivity contribution in [1.82, 2.24) is 10.5 Å². The van der Waals surface area contributed by atoms with Gasteiger partial charge in [0, 0.05) is 30.0 Å². The van der Waals surface area contributed by atoms with Crippen molar-refractivity contribution < 1.29 is 14.1 Å². The number of aromatic nitrogens is 1. The number of nitrogens with one attached hydrogen (secondary N) is 2. The summed E-state index contributed by atoms with van der Waals surface area (Å²) in [6, 6.07) is 7.52. The third-order valence-electron chi connectivity index (χ3n) is 3.84. The maximum atomic E-state index is 12.0. The van der Waals surface area contributed by atoms with Crippen LogP contribution < -0.4 is 10.6 Å². The molecule has 0 radical (unpaired) electrons. The van der Waals surface area contributed by atoms with Gasteiger partial charge in [0.1, 0.15) is 5.76 Å². The lowest BCUT2D eigenvalue weighted by Crippen LogP contribution is -2.24. The molecule has 0 spiro atoms. The molecule has 26 heavy (non-hydrogen) atoms. The minimum Gasteiger partial charge on any atom is -0.361 e. The SMILES string of the molecule is CCCC(=O)Nc1cccc(CNC(=O)CSCc2c(C)noc2C)c1. The number of carbonyl (C=O) groups excluding carboxylic acids is 2. The Morgan fingerprint density at radius 1 is 1.23 bits per heavy atom. The number of carbonyl (C=O) groups is 2. The highest BCUT2D eigenvalue weighted by atomic mass is 32.2. The normalized spacial score (nSPS) is 10.6. The highest BCUT2D eigenvalue weighted by Crippen LogP contribution is 2.19. The molecule has 0 unspecified atom stereocenters. The van der Waals surface area contributed by atoms with E-state index in [1.807, 2.05) is 45.0 Å². The van der Waals surface area contributed by atoms with Gasteiger partial charge >= 0.3 is 0 Å². The molecular weight excluding hydrogens is 350 g/mol. The van der Waals surface area contributed by atoms with Gasteiger partial charge in [0.05, 0.1) is 11.4 Å². The predicted octanol–water partition coefficient (Wildman–Crippen LogP) is 3.58. The number of anilines is 1. The molecular formula is C19H25N3O3S. The van der Waals surface area contributed by atoms with Gasteiger partial charge in [-0.05, 0) is 38.0 Å². The van der Waals surface area contributed by atoms with E-state index in [4.69, 9.17) is 4.52 Å². The third kappa shape index (κ3) is 6.22. The number of aryl methyl sites for hydroxylation is 2. The van der Waals surface area contributed by atoms with Gasteiger partial charge in [-0.15, -0.1) is 11.8 Å². The molecule has 2 N–H and O–H groups in total. The lowest BCUT2D eigenvalue weighted by Gasteiger charge is -2.08. The van der Waals surface area contributed by atoms with E-state index in [1.165, 1.54) is 11.8 Å². The van der Waals surface area contributed by atoms with E-state index in [-0.39, 0.29) is 11.8 Å². The number of hydrogen-bond donors (Lipinski definition) is 2. The third-order valence-corrected chi connectivity index (χ3v) is 4.80. The Bertz CT molecular complexity index is 739. The summed E-state index contributed by atoms with van der Waals surface area (Å²) in [5, 5.41) is 9.67. The van der Waals surface area contributed by atoms with E-state index < -0.39 is 0 Å². The van der Waals surface area contributed by atoms with Gasteiger partial charge in [-0.25, -0.2) is 0 Å². The fraction of sp³-hybridized carbons (Fsp3) is 0.421. The minimum atomic E-state index is -0.0258. The highest BCUT2D eigenvalue weighted by molar-refractivity contribution is 7.99. The lowest BCUT2D eigenvalue weighted by molar-refractivity contribution is -0.119. The van der Waals surface area contributed by atoms with Crippen LogP contribution in [0, 0.1) is 13.8 Å². The van der Waals surface area contributed by atoms with Crippen molar-refractivity contribution in [2.45, 2.75) is 45.9 Å². The Morgan fingerprint density at radius 2 is 2.04 bits per heavy atom. The summed E-state index contributed by atoms with van der Waals surface area (Å²) in [5.41, 5.74) is 3.63. The Hall–Kier alpha value is -2.28. The second kappa shape index (κ2) is 10.0. The van der Waals surface area contributed by atoms with Crippen molar-refractivity contribution in [2.75, 3.05) is 11.1 Å². The summed E-state index contributed by atoms with van der Waals surface area (Å²) in [6.45, 7) is 6.18. The van der Waals surface area contributed by atoms with Crippen LogP contribution in [0.2, 0.25) is 0 Å². The Kier molecular flexibility index (Phi) is 7.72. The second-order valence-corrected chi connectivity index (χ2v) is 7.06. The zero-order chi connectivity index (χ0) is 18.9. The maximum absolute atomic E-state index is 12.0. The molecule has 7 heteroatoms. The standard InChI is InChI=1S/C19H25N3O3S/c1-4-6-18(23)21-16-8-5-7-15(9-16)10-20-19(24)12-26-11-17-13(2)22-25-14(17)3/h5,7-9H,4,6,10-12H2,1-3H3,(H,20,24)(H,21,23). The number of thioether (sulfide) groups is 1. The zero-order valence-electron chi connectivity index (χ0n) is 15.4. The highest BCUT2D eigenvalue weighted by Gasteiger charge is 2.10. The zero-order valence-corrected chi connectivity index (χ0v) is 16.2. The first-order chi connectivity index (χ1) is 12.5. The summed E-state index contributed by atoms with van der Waals surface area (Å²) in [7, 11) is 0. The molecule has 0 aliphatic heterocycles. The van der Waals surface area contributed by atoms with Crippen molar-refractivity contribution >= 4 is 29.3 Å². The molecule has 2 amide bonds. The van der Waals surface area contributed by atoms with E-state index in [0.29, 0.717) is 24.5 Å². The first kappa shape index (κ1) is 20.0. The largest absolute Gasteiger partial charge is 0.361 e. The number of benzene rings is 1. The van der Waals surface area contributed by atoms with Gasteiger partial charge in [-0.3, -0.25) is 9.59 Å². The van der Waals surface area contributed by atoms with Gasteiger partial charge in [-0.1, -0.05) is 24.2 Å². The summed E-state index contributed by atoms with van der Waals surface area (Å²) in [4.78, 5) is 23.7. The van der Waals surface area contributed by atoms with Crippen LogP contribution in [0.25, 0.3) is 0 Å². The summed E-state index contributed by atoms with van der Waals surface area (Å²) < 4.78 is 5.12. The lowest BCUT2D eigenvalue weighted by atomic mass is 10.2. The molecule has 0 bridgehead atoms. The van der Waals surface area contributed by atoms with Crippen molar-refractivity contribution in [3.05, 3.63) is 46.8 Å². The summed E-state index contributed by atoms with van der Waals surface area (Å²) >= 11 is 1.53. The molecule has 2 aromatic rings. The number of hydrogen-bond acceptors (Lipinski definition) is 5. The molecule has 1 heterocycles. The van der Waals surface area contributed by atoms with Gasteiger partial charge in [-0.2, -0.15) is 0 Å². The smallest absolute Gasteiger partial charge is 0.230 e. The first-order valence-electron chi connectivity index (χ1n) is 8.64. The van der Waals surface area contributed by atoms with Crippen LogP contribution in [0.5, 0.6) is 0 Å². The van der Waals surface area contributed by atoms with Gasteiger partial charge < -0.3 is 15.2 Å². The molecule has 0 fully saturated rings. The fourth-order valence-corrected chi connectivity index (χ4v) is 3.42. The van der Waals surface area contributed by atoms with E-state index in [9.17, 15) is 9.59 Å². The Morgan fingerprint density at radius 3 is 2.73 bits per heavy atom. The van der Waals surface area contributed by atoms with Gasteiger partial charge in [0.15, 0.2) is 0 Å². The maximum Gasteiger partial charge on any atom is 0.230 e. The molecule has 0 saturated carbocycles. The molecule has 2 rings (SSSR count). The van der Waals surface area contributed by atoms with Crippen LogP contribution in [0.4, 0.5) is 5.69 Å². The topological polar surface area (TPSA) is 84.2 Å². The quantitative estimate of drug-likeness (QED) is 0.700. The number of nitrogens with zero attached hydrogens (tertiary/aromatic N) is 1. The average molecular weight is 375 g/mol. The molecule has 0 saturated heterocycles. The number of amides is 2. The van der Waals surface area contributed by atoms with Crippen LogP contribution in [0.15, 0.2) is 28.8 Å². The van der Waals surface area contributed by atoms with Crippen molar-refractivity contribution in [1.29, 1.82) is 0 Å². The number of rotatable bonds is 9. The van der Waals surface area contributed by atoms with E-state index in [2.05, 4.69) is 15.8 Å². The molecule has 140 valence electrons. The van der Waals surface area contributed by atoms with Crippen molar-refractivity contribution in [2.24, 2.45) is 0 Å². The Labute approximate surface area is 158 Å². The molecule has 0 atom stereocenters. The van der Waals surface area contributed by atoms with Crippen LogP contribution in [0.1, 0.15) is 42.3 Å². The van der Waals surface area contributed by atoms with E-state index in [0.717, 1.165) is 34.7 Å². The van der Waals surface area contributed by atoms with Crippen LogP contribution >= 0.6 is 11.8 Å². The predicted molar refractivity (Wildman–Crippen MR) is 104 cm³/mol. The molecule has 1 aromatic carbocycles. The second-order valence-electron chi connectivity index (χ2n) is 6.07. The van der Waals surface area contributed by atoms with Crippen LogP contribution in [0.3, 0.4) is 0 Å². The minimum absolute atomic E-state index is 0.00408.